The van der Waals surface area contributed by atoms with Crippen molar-refractivity contribution < 1.29 is 14.3 Å². The van der Waals surface area contributed by atoms with Gasteiger partial charge >= 0.3 is 0 Å². The Morgan fingerprint density at radius 2 is 2.05 bits per heavy atom. The van der Waals surface area contributed by atoms with Gasteiger partial charge in [-0.05, 0) is 17.2 Å². The van der Waals surface area contributed by atoms with Gasteiger partial charge in [-0.25, -0.2) is 0 Å². The Bertz CT molecular complexity index is 550. The molecule has 2 aliphatic heterocycles. The first-order valence-electron chi connectivity index (χ1n) is 6.89. The molecule has 1 aromatic carbocycles. The summed E-state index contributed by atoms with van der Waals surface area (Å²) in [4.78, 5) is 27.3. The van der Waals surface area contributed by atoms with Gasteiger partial charge in [0.1, 0.15) is 0 Å². The van der Waals surface area contributed by atoms with Crippen LogP contribution in [0, 0.1) is 0 Å². The number of anilines is 1. The van der Waals surface area contributed by atoms with E-state index in [2.05, 4.69) is 0 Å². The highest BCUT2D eigenvalue weighted by atomic mass is 16.5. The van der Waals surface area contributed by atoms with Crippen LogP contribution in [-0.2, 0) is 27.2 Å². The molecular weight excluding hydrogens is 256 g/mol. The number of benzene rings is 1. The highest BCUT2D eigenvalue weighted by Gasteiger charge is 2.24. The molecule has 20 heavy (non-hydrogen) atoms. The minimum Gasteiger partial charge on any atom is -0.378 e. The van der Waals surface area contributed by atoms with Crippen molar-refractivity contribution in [2.75, 3.05) is 38.3 Å². The Kier molecular flexibility index (Phi) is 3.44. The van der Waals surface area contributed by atoms with Crippen molar-refractivity contribution in [1.29, 1.82) is 0 Å². The smallest absolute Gasteiger partial charge is 0.231 e. The van der Waals surface area contributed by atoms with Crippen LogP contribution >= 0.6 is 0 Å². The van der Waals surface area contributed by atoms with Gasteiger partial charge in [0.05, 0.1) is 26.1 Å². The number of carbonyl (C=O) groups is 2. The van der Waals surface area contributed by atoms with Crippen LogP contribution in [0.5, 0.6) is 0 Å². The van der Waals surface area contributed by atoms with Crippen LogP contribution in [0.1, 0.15) is 11.1 Å². The molecule has 0 unspecified atom stereocenters. The second-order valence-corrected chi connectivity index (χ2v) is 5.26. The fourth-order valence-corrected chi connectivity index (χ4v) is 2.73. The lowest BCUT2D eigenvalue weighted by Crippen LogP contribution is -2.41. The van der Waals surface area contributed by atoms with E-state index in [4.69, 9.17) is 4.74 Å². The number of morpholine rings is 1. The van der Waals surface area contributed by atoms with Gasteiger partial charge < -0.3 is 14.5 Å². The van der Waals surface area contributed by atoms with Crippen LogP contribution in [0.3, 0.4) is 0 Å². The fraction of sp³-hybridized carbons (Fsp3) is 0.467. The lowest BCUT2D eigenvalue weighted by atomic mass is 10.1. The van der Waals surface area contributed by atoms with Crippen molar-refractivity contribution in [3.05, 3.63) is 29.3 Å². The first-order chi connectivity index (χ1) is 9.65. The van der Waals surface area contributed by atoms with Crippen molar-refractivity contribution >= 4 is 17.5 Å². The SMILES string of the molecule is CN1C(=O)Cc2cc(CC(=O)N3CCOCC3)ccc21. The fourth-order valence-electron chi connectivity index (χ4n) is 2.73. The summed E-state index contributed by atoms with van der Waals surface area (Å²) in [5, 5.41) is 0. The molecular formula is C15H18N2O3. The van der Waals surface area contributed by atoms with E-state index in [1.807, 2.05) is 23.1 Å². The van der Waals surface area contributed by atoms with Gasteiger partial charge in [0.25, 0.3) is 0 Å². The normalized spacial score (nSPS) is 18.4. The van der Waals surface area contributed by atoms with Crippen molar-refractivity contribution in [2.24, 2.45) is 0 Å². The first kappa shape index (κ1) is 13.1. The van der Waals surface area contributed by atoms with Crippen molar-refractivity contribution in [3.63, 3.8) is 0 Å². The van der Waals surface area contributed by atoms with E-state index in [0.717, 1.165) is 16.8 Å². The highest BCUT2D eigenvalue weighted by molar-refractivity contribution is 6.01. The van der Waals surface area contributed by atoms with E-state index in [9.17, 15) is 9.59 Å². The van der Waals surface area contributed by atoms with E-state index < -0.39 is 0 Å². The molecule has 0 radical (unpaired) electrons. The molecule has 1 saturated heterocycles. The summed E-state index contributed by atoms with van der Waals surface area (Å²) in [6.07, 6.45) is 0.830. The summed E-state index contributed by atoms with van der Waals surface area (Å²) in [5.74, 6) is 0.239. The summed E-state index contributed by atoms with van der Waals surface area (Å²) in [7, 11) is 1.78. The van der Waals surface area contributed by atoms with Gasteiger partial charge in [-0.2, -0.15) is 0 Å². The number of carbonyl (C=O) groups excluding carboxylic acids is 2. The molecule has 2 heterocycles. The predicted molar refractivity (Wildman–Crippen MR) is 74.7 cm³/mol. The molecule has 0 aliphatic carbocycles. The largest absolute Gasteiger partial charge is 0.378 e. The maximum Gasteiger partial charge on any atom is 0.231 e. The molecule has 5 heteroatoms. The number of hydrogen-bond acceptors (Lipinski definition) is 3. The summed E-state index contributed by atoms with van der Waals surface area (Å²) in [5.41, 5.74) is 2.95. The Labute approximate surface area is 118 Å². The average molecular weight is 274 g/mol. The number of ether oxygens (including phenoxy) is 1. The maximum absolute atomic E-state index is 12.2. The van der Waals surface area contributed by atoms with Gasteiger partial charge in [0, 0.05) is 25.8 Å². The third kappa shape index (κ3) is 2.41. The van der Waals surface area contributed by atoms with E-state index in [0.29, 0.717) is 39.1 Å². The molecule has 0 aromatic heterocycles. The quantitative estimate of drug-likeness (QED) is 0.794. The molecule has 0 bridgehead atoms. The number of fused-ring (bicyclic) bond motifs is 1. The van der Waals surface area contributed by atoms with E-state index in [1.54, 1.807) is 11.9 Å². The number of rotatable bonds is 2. The Morgan fingerprint density at radius 1 is 1.30 bits per heavy atom. The zero-order valence-corrected chi connectivity index (χ0v) is 11.6. The topological polar surface area (TPSA) is 49.9 Å². The Balaban J connectivity index is 1.71. The van der Waals surface area contributed by atoms with E-state index >= 15 is 0 Å². The van der Waals surface area contributed by atoms with Crippen molar-refractivity contribution in [3.8, 4) is 0 Å². The van der Waals surface area contributed by atoms with Gasteiger partial charge in [0.2, 0.25) is 11.8 Å². The van der Waals surface area contributed by atoms with Crippen LogP contribution in [0.2, 0.25) is 0 Å². The van der Waals surface area contributed by atoms with Crippen LogP contribution in [0.4, 0.5) is 5.69 Å². The summed E-state index contributed by atoms with van der Waals surface area (Å²) < 4.78 is 5.25. The molecule has 0 saturated carbocycles. The van der Waals surface area contributed by atoms with Gasteiger partial charge in [-0.1, -0.05) is 12.1 Å². The molecule has 106 valence electrons. The second kappa shape index (κ2) is 5.25. The van der Waals surface area contributed by atoms with Gasteiger partial charge in [0.15, 0.2) is 0 Å². The molecule has 1 aromatic rings. The zero-order chi connectivity index (χ0) is 14.1. The molecule has 2 amide bonds. The zero-order valence-electron chi connectivity index (χ0n) is 11.6. The minimum atomic E-state index is 0.108. The molecule has 3 rings (SSSR count). The third-order valence-electron chi connectivity index (χ3n) is 3.94. The predicted octanol–water partition coefficient (Wildman–Crippen LogP) is 0.607. The number of likely N-dealkylation sites (N-methyl/N-ethyl adjacent to an activating group) is 1. The number of nitrogens with zero attached hydrogens (tertiary/aromatic N) is 2. The average Bonchev–Trinajstić information content (AvgIpc) is 2.74. The van der Waals surface area contributed by atoms with Crippen molar-refractivity contribution in [2.45, 2.75) is 12.8 Å². The van der Waals surface area contributed by atoms with Crippen LogP contribution < -0.4 is 4.90 Å². The minimum absolute atomic E-state index is 0.108. The third-order valence-corrected chi connectivity index (χ3v) is 3.94. The maximum atomic E-state index is 12.2. The highest BCUT2D eigenvalue weighted by Crippen LogP contribution is 2.28. The molecule has 0 atom stereocenters. The van der Waals surface area contributed by atoms with Gasteiger partial charge in [-0.3, -0.25) is 9.59 Å². The van der Waals surface area contributed by atoms with E-state index in [1.165, 1.54) is 0 Å². The summed E-state index contributed by atoms with van der Waals surface area (Å²) in [6, 6.07) is 5.85. The summed E-state index contributed by atoms with van der Waals surface area (Å²) in [6.45, 7) is 2.58. The molecule has 2 aliphatic rings. The van der Waals surface area contributed by atoms with Crippen LogP contribution in [0.25, 0.3) is 0 Å². The number of amides is 2. The summed E-state index contributed by atoms with van der Waals surface area (Å²) >= 11 is 0. The monoisotopic (exact) mass is 274 g/mol. The molecule has 1 fully saturated rings. The first-order valence-corrected chi connectivity index (χ1v) is 6.89. The van der Waals surface area contributed by atoms with Gasteiger partial charge in [-0.15, -0.1) is 0 Å². The molecule has 5 nitrogen and oxygen atoms in total. The Hall–Kier alpha value is -1.88. The van der Waals surface area contributed by atoms with Crippen molar-refractivity contribution in [1.82, 2.24) is 4.90 Å². The number of hydrogen-bond donors (Lipinski definition) is 0. The Morgan fingerprint density at radius 3 is 2.80 bits per heavy atom. The van der Waals surface area contributed by atoms with E-state index in [-0.39, 0.29) is 11.8 Å². The lowest BCUT2D eigenvalue weighted by molar-refractivity contribution is -0.134. The lowest BCUT2D eigenvalue weighted by Gasteiger charge is -2.27. The molecule has 0 spiro atoms. The van der Waals surface area contributed by atoms with Crippen LogP contribution in [0.15, 0.2) is 18.2 Å². The molecule has 0 N–H and O–H groups in total. The van der Waals surface area contributed by atoms with Crippen LogP contribution in [-0.4, -0.2) is 50.1 Å². The standard InChI is InChI=1S/C15H18N2O3/c1-16-13-3-2-11(8-12(13)10-14(16)18)9-15(19)17-4-6-20-7-5-17/h2-3,8H,4-7,9-10H2,1H3. The second-order valence-electron chi connectivity index (χ2n) is 5.26.